The first-order valence-corrected chi connectivity index (χ1v) is 20.1. The van der Waals surface area contributed by atoms with Crippen LogP contribution in [0.2, 0.25) is 0 Å². The highest BCUT2D eigenvalue weighted by molar-refractivity contribution is 5.89. The molecule has 65 heavy (non-hydrogen) atoms. The second kappa shape index (κ2) is 19.5. The van der Waals surface area contributed by atoms with Crippen LogP contribution in [-0.2, 0) is 28.5 Å². The number of aromatic hydroxyl groups is 3. The number of esters is 1. The number of phenols is 3. The molecular formula is C43H48O22. The number of hydrogen-bond donors (Lipinski definition) is 11. The normalized spacial score (nSPS) is 32.9. The van der Waals surface area contributed by atoms with Crippen LogP contribution in [-0.4, -0.2) is 168 Å². The lowest BCUT2D eigenvalue weighted by Gasteiger charge is -2.43. The fourth-order valence-corrected chi connectivity index (χ4v) is 7.36. The number of aliphatic hydroxyl groups is 8. The Bertz CT molecular complexity index is 2400. The summed E-state index contributed by atoms with van der Waals surface area (Å²) in [5.74, 6) is -3.36. The molecule has 3 aromatic carbocycles. The van der Waals surface area contributed by atoms with Crippen molar-refractivity contribution >= 4 is 23.0 Å². The fraction of sp³-hybridized carbons (Fsp3) is 0.442. The summed E-state index contributed by atoms with van der Waals surface area (Å²) in [4.78, 5) is 27.6. The van der Waals surface area contributed by atoms with Gasteiger partial charge in [0, 0.05) is 23.8 Å². The largest absolute Gasteiger partial charge is 0.508 e. The van der Waals surface area contributed by atoms with Crippen molar-refractivity contribution in [2.75, 3.05) is 13.7 Å². The maximum atomic E-state index is 14.4. The van der Waals surface area contributed by atoms with Gasteiger partial charge in [-0.25, -0.2) is 4.79 Å². The number of methoxy groups -OCH3 is 1. The molecule has 3 saturated heterocycles. The van der Waals surface area contributed by atoms with Gasteiger partial charge in [0.15, 0.2) is 29.7 Å². The molecule has 0 spiro atoms. The average molecular weight is 917 g/mol. The molecule has 15 atom stereocenters. The van der Waals surface area contributed by atoms with Crippen LogP contribution in [0, 0.1) is 0 Å². The van der Waals surface area contributed by atoms with Gasteiger partial charge in [-0.3, -0.25) is 4.79 Å². The van der Waals surface area contributed by atoms with Crippen LogP contribution in [0.1, 0.15) is 19.4 Å². The number of phenolic OH excluding ortho intramolecular Hbond substituents is 3. The average Bonchev–Trinajstić information content (AvgIpc) is 3.28. The molecule has 15 unspecified atom stereocenters. The Morgan fingerprint density at radius 1 is 0.692 bits per heavy atom. The lowest BCUT2D eigenvalue weighted by atomic mass is 9.98. The monoisotopic (exact) mass is 916 g/mol. The van der Waals surface area contributed by atoms with Crippen molar-refractivity contribution in [2.24, 2.45) is 0 Å². The summed E-state index contributed by atoms with van der Waals surface area (Å²) < 4.78 is 51.1. The molecule has 0 aliphatic carbocycles. The predicted molar refractivity (Wildman–Crippen MR) is 217 cm³/mol. The molecule has 4 aromatic rings. The molecule has 4 heterocycles. The summed E-state index contributed by atoms with van der Waals surface area (Å²) in [5, 5.41) is 116. The van der Waals surface area contributed by atoms with Gasteiger partial charge in [-0.15, -0.1) is 0 Å². The Morgan fingerprint density at radius 2 is 1.31 bits per heavy atom. The molecule has 3 aliphatic rings. The lowest BCUT2D eigenvalue weighted by molar-refractivity contribution is -0.319. The van der Waals surface area contributed by atoms with E-state index >= 15 is 0 Å². The van der Waals surface area contributed by atoms with Gasteiger partial charge in [0.1, 0.15) is 83.2 Å². The highest BCUT2D eigenvalue weighted by atomic mass is 16.7. The Kier molecular flexibility index (Phi) is 14.2. The molecule has 22 heteroatoms. The molecule has 0 saturated carbocycles. The van der Waals surface area contributed by atoms with E-state index in [0.29, 0.717) is 5.56 Å². The van der Waals surface area contributed by atoms with E-state index in [9.17, 15) is 65.8 Å². The summed E-state index contributed by atoms with van der Waals surface area (Å²) in [5.41, 5.74) is -0.908. The first-order chi connectivity index (χ1) is 30.9. The highest BCUT2D eigenvalue weighted by Crippen LogP contribution is 2.39. The Morgan fingerprint density at radius 3 is 1.97 bits per heavy atom. The quantitative estimate of drug-likeness (QED) is 0.0605. The highest BCUT2D eigenvalue weighted by Gasteiger charge is 2.50. The molecule has 3 aliphatic heterocycles. The molecule has 22 nitrogen and oxygen atoms in total. The van der Waals surface area contributed by atoms with E-state index in [-0.39, 0.29) is 39.9 Å². The zero-order chi connectivity index (χ0) is 47.0. The zero-order valence-electron chi connectivity index (χ0n) is 34.6. The van der Waals surface area contributed by atoms with Crippen LogP contribution in [0.25, 0.3) is 28.4 Å². The van der Waals surface area contributed by atoms with Crippen LogP contribution in [0.3, 0.4) is 0 Å². The third kappa shape index (κ3) is 9.84. The standard InChI is InChI=1S/C43H48O22/c1-16-29(48)32(51)35(54)41(59-16)58-15-26-39(64-27(47)11-5-18-4-10-22(45)24(12-18)57-3)34(53)37(56)43(63-26)65-40-31(50)28-23(46)13-21(61-42-36(55)33(52)30(49)17(2)60-42)14-25(28)62-38(40)19-6-8-20(44)9-7-19/h4-14,16-17,26,29-30,32-37,39,41-46,48-49,51-56H,15H2,1-3H3. The first-order valence-electron chi connectivity index (χ1n) is 20.1. The Balaban J connectivity index is 1.21. The third-order valence-electron chi connectivity index (χ3n) is 11.1. The van der Waals surface area contributed by atoms with Crippen LogP contribution >= 0.6 is 0 Å². The van der Waals surface area contributed by atoms with E-state index in [0.717, 1.165) is 18.2 Å². The molecule has 352 valence electrons. The van der Waals surface area contributed by atoms with Gasteiger partial charge in [-0.2, -0.15) is 0 Å². The Labute approximate surface area is 367 Å². The van der Waals surface area contributed by atoms with Crippen LogP contribution in [0.5, 0.6) is 34.5 Å². The van der Waals surface area contributed by atoms with Crippen molar-refractivity contribution in [3.05, 3.63) is 76.5 Å². The van der Waals surface area contributed by atoms with E-state index in [1.54, 1.807) is 0 Å². The van der Waals surface area contributed by atoms with Gasteiger partial charge in [0.25, 0.3) is 0 Å². The van der Waals surface area contributed by atoms with E-state index in [1.807, 2.05) is 0 Å². The van der Waals surface area contributed by atoms with E-state index < -0.39 is 127 Å². The van der Waals surface area contributed by atoms with Crippen molar-refractivity contribution in [2.45, 2.75) is 106 Å². The molecule has 7 rings (SSSR count). The van der Waals surface area contributed by atoms with Crippen LogP contribution in [0.15, 0.2) is 69.9 Å². The number of benzene rings is 3. The number of fused-ring (bicyclic) bond motifs is 1. The van der Waals surface area contributed by atoms with Gasteiger partial charge >= 0.3 is 5.97 Å². The topological polar surface area (TPSA) is 344 Å². The van der Waals surface area contributed by atoms with E-state index in [2.05, 4.69) is 0 Å². The molecule has 0 amide bonds. The Hall–Kier alpha value is -5.60. The summed E-state index contributed by atoms with van der Waals surface area (Å²) in [6, 6.07) is 11.5. The molecule has 0 bridgehead atoms. The summed E-state index contributed by atoms with van der Waals surface area (Å²) >= 11 is 0. The second-order valence-electron chi connectivity index (χ2n) is 15.6. The summed E-state index contributed by atoms with van der Waals surface area (Å²) in [7, 11) is 1.33. The third-order valence-corrected chi connectivity index (χ3v) is 11.1. The van der Waals surface area contributed by atoms with Crippen molar-refractivity contribution < 1.29 is 103 Å². The maximum Gasteiger partial charge on any atom is 0.331 e. The molecule has 0 radical (unpaired) electrons. The predicted octanol–water partition coefficient (Wildman–Crippen LogP) is -0.913. The smallest absolute Gasteiger partial charge is 0.331 e. The van der Waals surface area contributed by atoms with Gasteiger partial charge in [0.2, 0.25) is 23.8 Å². The van der Waals surface area contributed by atoms with Gasteiger partial charge in [-0.1, -0.05) is 6.07 Å². The first kappa shape index (κ1) is 47.4. The van der Waals surface area contributed by atoms with Crippen molar-refractivity contribution in [3.63, 3.8) is 0 Å². The molecular weight excluding hydrogens is 868 g/mol. The van der Waals surface area contributed by atoms with Crippen LogP contribution < -0.4 is 19.6 Å². The molecule has 3 fully saturated rings. The number of rotatable bonds is 12. The fourth-order valence-electron chi connectivity index (χ4n) is 7.36. The van der Waals surface area contributed by atoms with E-state index in [1.165, 1.54) is 69.5 Å². The molecule has 11 N–H and O–H groups in total. The number of carbonyl (C=O) groups excluding carboxylic acids is 1. The maximum absolute atomic E-state index is 14.4. The summed E-state index contributed by atoms with van der Waals surface area (Å²) in [6.07, 6.45) is -22.3. The number of carbonyl (C=O) groups is 1. The van der Waals surface area contributed by atoms with Gasteiger partial charge in [0.05, 0.1) is 25.9 Å². The van der Waals surface area contributed by atoms with Crippen molar-refractivity contribution in [3.8, 4) is 45.8 Å². The zero-order valence-corrected chi connectivity index (χ0v) is 34.6. The van der Waals surface area contributed by atoms with Crippen molar-refractivity contribution in [1.29, 1.82) is 0 Å². The minimum absolute atomic E-state index is 0.0912. The summed E-state index contributed by atoms with van der Waals surface area (Å²) in [6.45, 7) is 2.11. The number of hydrogen-bond acceptors (Lipinski definition) is 22. The second-order valence-corrected chi connectivity index (χ2v) is 15.6. The van der Waals surface area contributed by atoms with Gasteiger partial charge < -0.3 is 98.5 Å². The molecule has 1 aromatic heterocycles. The number of ether oxygens (including phenoxy) is 8. The van der Waals surface area contributed by atoms with Crippen molar-refractivity contribution in [1.82, 2.24) is 0 Å². The van der Waals surface area contributed by atoms with Gasteiger partial charge in [-0.05, 0) is 61.9 Å². The van der Waals surface area contributed by atoms with E-state index in [4.69, 9.17) is 42.3 Å². The lowest BCUT2D eigenvalue weighted by Crippen LogP contribution is -2.62. The number of aliphatic hydroxyl groups excluding tert-OH is 8. The van der Waals surface area contributed by atoms with Crippen LogP contribution in [0.4, 0.5) is 0 Å². The minimum atomic E-state index is -2.12. The minimum Gasteiger partial charge on any atom is -0.508 e. The SMILES string of the molecule is COc1cc(C=CC(=O)OC2C(COC3OC(C)C(O)C(O)C3O)OC(Oc3c(-c4ccc(O)cc4)oc4cc(OC5OC(C)C(O)C(O)C5O)cc(O)c4c3=O)C(O)C2O)ccc1O.